The molecule has 0 aromatic heterocycles. The Labute approximate surface area is 131 Å². The van der Waals surface area contributed by atoms with Crippen LogP contribution < -0.4 is 5.32 Å². The van der Waals surface area contributed by atoms with Gasteiger partial charge in [0.25, 0.3) is 0 Å². The minimum atomic E-state index is 0.493. The predicted molar refractivity (Wildman–Crippen MR) is 91.8 cm³/mol. The molecular weight excluding hydrogens is 258 g/mol. The summed E-state index contributed by atoms with van der Waals surface area (Å²) >= 11 is 0. The van der Waals surface area contributed by atoms with Crippen molar-refractivity contribution in [3.05, 3.63) is 35.4 Å². The first-order valence-electron chi connectivity index (χ1n) is 8.56. The Morgan fingerprint density at radius 2 is 1.67 bits per heavy atom. The van der Waals surface area contributed by atoms with Gasteiger partial charge in [0.2, 0.25) is 0 Å². The Bertz CT molecular complexity index is 347. The van der Waals surface area contributed by atoms with Gasteiger partial charge in [-0.2, -0.15) is 0 Å². The molecule has 2 nitrogen and oxygen atoms in total. The summed E-state index contributed by atoms with van der Waals surface area (Å²) in [4.78, 5) is 0. The van der Waals surface area contributed by atoms with Crippen molar-refractivity contribution in [2.45, 2.75) is 64.3 Å². The molecule has 1 rings (SSSR count). The van der Waals surface area contributed by atoms with Gasteiger partial charge in [0.1, 0.15) is 0 Å². The first-order chi connectivity index (χ1) is 10.3. The van der Waals surface area contributed by atoms with E-state index in [0.717, 1.165) is 13.0 Å². The number of ether oxygens (including phenoxy) is 1. The summed E-state index contributed by atoms with van der Waals surface area (Å²) in [7, 11) is 3.83. The van der Waals surface area contributed by atoms with Crippen LogP contribution in [0, 0.1) is 0 Å². The third-order valence-corrected chi connectivity index (χ3v) is 4.17. The number of hydrogen-bond donors (Lipinski definition) is 1. The van der Waals surface area contributed by atoms with Crippen molar-refractivity contribution in [1.82, 2.24) is 5.32 Å². The van der Waals surface area contributed by atoms with Gasteiger partial charge in [-0.1, -0.05) is 69.7 Å². The van der Waals surface area contributed by atoms with E-state index >= 15 is 0 Å². The number of methoxy groups -OCH3 is 1. The highest BCUT2D eigenvalue weighted by Gasteiger charge is 2.08. The van der Waals surface area contributed by atoms with Gasteiger partial charge in [0, 0.05) is 13.2 Å². The van der Waals surface area contributed by atoms with Crippen LogP contribution in [-0.2, 0) is 11.2 Å². The molecule has 0 spiro atoms. The average molecular weight is 291 g/mol. The van der Waals surface area contributed by atoms with Crippen LogP contribution in [0.2, 0.25) is 0 Å². The van der Waals surface area contributed by atoms with Crippen LogP contribution in [0.3, 0.4) is 0 Å². The van der Waals surface area contributed by atoms with Crippen molar-refractivity contribution < 1.29 is 4.74 Å². The Kier molecular flexibility index (Phi) is 10.2. The quantitative estimate of drug-likeness (QED) is 0.554. The molecule has 1 N–H and O–H groups in total. The van der Waals surface area contributed by atoms with Crippen molar-refractivity contribution in [2.75, 3.05) is 20.8 Å². The first kappa shape index (κ1) is 18.2. The van der Waals surface area contributed by atoms with E-state index in [-0.39, 0.29) is 0 Å². The van der Waals surface area contributed by atoms with Gasteiger partial charge in [0.05, 0.1) is 6.61 Å². The maximum Gasteiger partial charge on any atom is 0.0502 e. The molecule has 1 atom stereocenters. The molecule has 0 saturated carbocycles. The van der Waals surface area contributed by atoms with Crippen LogP contribution in [-0.4, -0.2) is 20.8 Å². The molecule has 0 aliphatic heterocycles. The van der Waals surface area contributed by atoms with Gasteiger partial charge in [-0.15, -0.1) is 0 Å². The zero-order valence-electron chi connectivity index (χ0n) is 14.2. The number of unbranched alkanes of at least 4 members (excludes halogenated alkanes) is 5. The highest BCUT2D eigenvalue weighted by molar-refractivity contribution is 5.25. The van der Waals surface area contributed by atoms with E-state index in [1.54, 1.807) is 7.11 Å². The highest BCUT2D eigenvalue weighted by Crippen LogP contribution is 2.21. The molecule has 0 aliphatic rings. The normalized spacial score (nSPS) is 12.5. The smallest absolute Gasteiger partial charge is 0.0502 e. The van der Waals surface area contributed by atoms with Crippen LogP contribution in [0.15, 0.2) is 24.3 Å². The van der Waals surface area contributed by atoms with Crippen LogP contribution in [0.25, 0.3) is 0 Å². The van der Waals surface area contributed by atoms with Gasteiger partial charge in [-0.05, 0) is 31.0 Å². The van der Waals surface area contributed by atoms with E-state index in [2.05, 4.69) is 43.6 Å². The fourth-order valence-electron chi connectivity index (χ4n) is 2.74. The fraction of sp³-hybridized carbons (Fsp3) is 0.684. The maximum atomic E-state index is 5.13. The van der Waals surface area contributed by atoms with Crippen LogP contribution in [0.4, 0.5) is 0 Å². The second-order valence-electron chi connectivity index (χ2n) is 5.88. The fourth-order valence-corrected chi connectivity index (χ4v) is 2.74. The predicted octanol–water partition coefficient (Wildman–Crippen LogP) is 4.89. The lowest BCUT2D eigenvalue weighted by atomic mass is 9.98. The summed E-state index contributed by atoms with van der Waals surface area (Å²) < 4.78 is 5.13. The Hall–Kier alpha value is -0.860. The monoisotopic (exact) mass is 291 g/mol. The molecule has 120 valence electrons. The first-order valence-corrected chi connectivity index (χ1v) is 8.56. The summed E-state index contributed by atoms with van der Waals surface area (Å²) in [6.45, 7) is 3.07. The van der Waals surface area contributed by atoms with E-state index in [0.29, 0.717) is 6.04 Å². The van der Waals surface area contributed by atoms with Gasteiger partial charge in [-0.25, -0.2) is 0 Å². The Morgan fingerprint density at radius 3 is 2.29 bits per heavy atom. The van der Waals surface area contributed by atoms with Gasteiger partial charge in [0.15, 0.2) is 0 Å². The molecular formula is C19H33NO. The minimum Gasteiger partial charge on any atom is -0.384 e. The van der Waals surface area contributed by atoms with Crippen molar-refractivity contribution in [1.29, 1.82) is 0 Å². The van der Waals surface area contributed by atoms with Crippen LogP contribution in [0.5, 0.6) is 0 Å². The third kappa shape index (κ3) is 7.63. The molecule has 0 amide bonds. The topological polar surface area (TPSA) is 21.3 Å². The second kappa shape index (κ2) is 11.8. The lowest BCUT2D eigenvalue weighted by Crippen LogP contribution is -2.16. The molecule has 2 heteroatoms. The molecule has 0 radical (unpaired) electrons. The number of benzene rings is 1. The van der Waals surface area contributed by atoms with Gasteiger partial charge in [-0.3, -0.25) is 0 Å². The highest BCUT2D eigenvalue weighted by atomic mass is 16.5. The van der Waals surface area contributed by atoms with Gasteiger partial charge < -0.3 is 10.1 Å². The van der Waals surface area contributed by atoms with Crippen molar-refractivity contribution >= 4 is 0 Å². The number of nitrogens with one attached hydrogen (secondary N) is 1. The molecule has 1 aromatic rings. The van der Waals surface area contributed by atoms with E-state index in [1.807, 2.05) is 0 Å². The molecule has 0 bridgehead atoms. The van der Waals surface area contributed by atoms with Crippen molar-refractivity contribution in [3.8, 4) is 0 Å². The molecule has 0 saturated heterocycles. The van der Waals surface area contributed by atoms with E-state index < -0.39 is 0 Å². The zero-order valence-corrected chi connectivity index (χ0v) is 14.2. The van der Waals surface area contributed by atoms with Gasteiger partial charge >= 0.3 is 0 Å². The lowest BCUT2D eigenvalue weighted by Gasteiger charge is -2.17. The maximum absolute atomic E-state index is 5.13. The van der Waals surface area contributed by atoms with Crippen molar-refractivity contribution in [2.24, 2.45) is 0 Å². The summed E-state index contributed by atoms with van der Waals surface area (Å²) in [5, 5.41) is 3.46. The molecule has 1 aromatic carbocycles. The lowest BCUT2D eigenvalue weighted by molar-refractivity contribution is 0.202. The number of hydrogen-bond acceptors (Lipinski definition) is 2. The van der Waals surface area contributed by atoms with Crippen molar-refractivity contribution in [3.63, 3.8) is 0 Å². The Morgan fingerprint density at radius 1 is 1.00 bits per heavy atom. The molecule has 0 fully saturated rings. The number of rotatable bonds is 12. The summed E-state index contributed by atoms with van der Waals surface area (Å²) in [5.74, 6) is 0. The molecule has 21 heavy (non-hydrogen) atoms. The summed E-state index contributed by atoms with van der Waals surface area (Å²) in [5.41, 5.74) is 2.77. The van der Waals surface area contributed by atoms with E-state index in [4.69, 9.17) is 4.74 Å². The van der Waals surface area contributed by atoms with E-state index in [9.17, 15) is 0 Å². The zero-order chi connectivity index (χ0) is 15.3. The molecule has 0 heterocycles. The molecule has 1 unspecified atom stereocenters. The largest absolute Gasteiger partial charge is 0.384 e. The summed E-state index contributed by atoms with van der Waals surface area (Å²) in [6.07, 6.45) is 10.4. The van der Waals surface area contributed by atoms with Crippen LogP contribution >= 0.6 is 0 Å². The average Bonchev–Trinajstić information content (AvgIpc) is 2.53. The third-order valence-electron chi connectivity index (χ3n) is 4.17. The standard InChI is InChI=1S/C19H33NO/c1-4-5-6-7-8-9-10-19(20-2)18-13-11-17(12-14-18)15-16-21-3/h11-14,19-20H,4-10,15-16H2,1-3H3. The van der Waals surface area contributed by atoms with E-state index in [1.165, 1.54) is 56.1 Å². The summed E-state index contributed by atoms with van der Waals surface area (Å²) in [6, 6.07) is 9.50. The Balaban J connectivity index is 2.33. The molecule has 0 aliphatic carbocycles. The SMILES string of the molecule is CCCCCCCCC(NC)c1ccc(CCOC)cc1. The van der Waals surface area contributed by atoms with Crippen LogP contribution in [0.1, 0.15) is 69.0 Å². The minimum absolute atomic E-state index is 0.493. The second-order valence-corrected chi connectivity index (χ2v) is 5.88.